The molecule has 1 amide bonds. The van der Waals surface area contributed by atoms with Crippen LogP contribution >= 0.6 is 0 Å². The first kappa shape index (κ1) is 15.3. The van der Waals surface area contributed by atoms with Gasteiger partial charge in [0.15, 0.2) is 6.23 Å². The van der Waals surface area contributed by atoms with E-state index in [0.29, 0.717) is 0 Å². The van der Waals surface area contributed by atoms with E-state index in [0.717, 1.165) is 0 Å². The van der Waals surface area contributed by atoms with Crippen molar-refractivity contribution in [2.24, 2.45) is 5.92 Å². The van der Waals surface area contributed by atoms with E-state index in [1.54, 1.807) is 0 Å². The quantitative estimate of drug-likeness (QED) is 0.389. The van der Waals surface area contributed by atoms with Crippen molar-refractivity contribution >= 4 is 5.91 Å². The zero-order valence-electron chi connectivity index (χ0n) is 10.5. The third-order valence-electron chi connectivity index (χ3n) is 2.76. The third-order valence-corrected chi connectivity index (χ3v) is 2.76. The summed E-state index contributed by atoms with van der Waals surface area (Å²) in [7, 11) is 0. The smallest absolute Gasteiger partial charge is 0.222 e. The van der Waals surface area contributed by atoms with Gasteiger partial charge in [-0.15, -0.1) is 0 Å². The highest BCUT2D eigenvalue weighted by atomic mass is 16.6. The number of hydrogen-bond acceptors (Lipinski definition) is 6. The van der Waals surface area contributed by atoms with Crippen molar-refractivity contribution < 1.29 is 30.0 Å². The van der Waals surface area contributed by atoms with Crippen LogP contribution in [0.15, 0.2) is 0 Å². The zero-order chi connectivity index (χ0) is 13.9. The Balaban J connectivity index is 2.56. The van der Waals surface area contributed by atoms with Crippen molar-refractivity contribution in [2.45, 2.75) is 50.9 Å². The van der Waals surface area contributed by atoms with Crippen LogP contribution in [0.5, 0.6) is 0 Å². The van der Waals surface area contributed by atoms with Crippen LogP contribution in [0, 0.1) is 5.92 Å². The maximum absolute atomic E-state index is 11.5. The molecule has 0 saturated carbocycles. The van der Waals surface area contributed by atoms with Crippen LogP contribution in [0.3, 0.4) is 0 Å². The molecular formula is C11H21NO6. The highest BCUT2D eigenvalue weighted by molar-refractivity contribution is 5.76. The number of carbonyl (C=O) groups excluding carboxylic acids is 1. The third kappa shape index (κ3) is 3.63. The minimum absolute atomic E-state index is 0.160. The Kier molecular flexibility index (Phi) is 5.48. The second kappa shape index (κ2) is 6.44. The van der Waals surface area contributed by atoms with Crippen molar-refractivity contribution in [3.05, 3.63) is 0 Å². The molecule has 7 heteroatoms. The van der Waals surface area contributed by atoms with Crippen LogP contribution < -0.4 is 5.32 Å². The van der Waals surface area contributed by atoms with E-state index < -0.39 is 37.3 Å². The molecule has 0 aromatic carbocycles. The number of hydrogen-bond donors (Lipinski definition) is 5. The van der Waals surface area contributed by atoms with Crippen LogP contribution in [0.4, 0.5) is 0 Å². The number of aliphatic hydroxyl groups is 4. The Morgan fingerprint density at radius 2 is 1.94 bits per heavy atom. The number of amides is 1. The van der Waals surface area contributed by atoms with E-state index in [2.05, 4.69) is 5.32 Å². The summed E-state index contributed by atoms with van der Waals surface area (Å²) >= 11 is 0. The van der Waals surface area contributed by atoms with Gasteiger partial charge in [0, 0.05) is 6.42 Å². The molecule has 1 rings (SSSR count). The Hall–Kier alpha value is -0.730. The zero-order valence-corrected chi connectivity index (χ0v) is 10.5. The highest BCUT2D eigenvalue weighted by Crippen LogP contribution is 2.22. The fourth-order valence-electron chi connectivity index (χ4n) is 1.83. The van der Waals surface area contributed by atoms with E-state index in [1.165, 1.54) is 0 Å². The summed E-state index contributed by atoms with van der Waals surface area (Å²) in [6, 6.07) is 0. The van der Waals surface area contributed by atoms with Crippen molar-refractivity contribution in [1.82, 2.24) is 5.32 Å². The summed E-state index contributed by atoms with van der Waals surface area (Å²) in [5.74, 6) is -0.146. The van der Waals surface area contributed by atoms with Crippen LogP contribution in [-0.2, 0) is 9.53 Å². The predicted octanol–water partition coefficient (Wildman–Crippen LogP) is -2.05. The first-order valence-corrected chi connectivity index (χ1v) is 5.96. The van der Waals surface area contributed by atoms with E-state index in [9.17, 15) is 20.1 Å². The van der Waals surface area contributed by atoms with Crippen molar-refractivity contribution in [1.29, 1.82) is 0 Å². The van der Waals surface area contributed by atoms with Crippen molar-refractivity contribution in [2.75, 3.05) is 6.61 Å². The van der Waals surface area contributed by atoms with Crippen LogP contribution in [0.2, 0.25) is 0 Å². The summed E-state index contributed by atoms with van der Waals surface area (Å²) in [5.41, 5.74) is 0. The van der Waals surface area contributed by atoms with Gasteiger partial charge in [-0.25, -0.2) is 0 Å². The molecule has 18 heavy (non-hydrogen) atoms. The van der Waals surface area contributed by atoms with Gasteiger partial charge in [0.1, 0.15) is 24.4 Å². The molecule has 1 aliphatic heterocycles. The van der Waals surface area contributed by atoms with Crippen LogP contribution in [-0.4, -0.2) is 63.6 Å². The molecule has 1 fully saturated rings. The Morgan fingerprint density at radius 3 is 2.44 bits per heavy atom. The molecule has 1 aliphatic rings. The maximum atomic E-state index is 11.5. The van der Waals surface area contributed by atoms with Gasteiger partial charge in [-0.2, -0.15) is 0 Å². The largest absolute Gasteiger partial charge is 0.394 e. The van der Waals surface area contributed by atoms with Gasteiger partial charge in [-0.1, -0.05) is 13.8 Å². The lowest BCUT2D eigenvalue weighted by molar-refractivity contribution is -0.130. The van der Waals surface area contributed by atoms with Crippen LogP contribution in [0.1, 0.15) is 20.3 Å². The lowest BCUT2D eigenvalue weighted by Gasteiger charge is -2.19. The molecular weight excluding hydrogens is 242 g/mol. The molecule has 0 aromatic heterocycles. The number of carbonyl (C=O) groups is 1. The molecule has 106 valence electrons. The maximum Gasteiger partial charge on any atom is 0.222 e. The molecule has 0 bridgehead atoms. The minimum atomic E-state index is -1.35. The van der Waals surface area contributed by atoms with Crippen molar-refractivity contribution in [3.8, 4) is 0 Å². The second-order valence-electron chi connectivity index (χ2n) is 4.92. The SMILES string of the molecule is CC(C)CC(=O)N[C@H]1O[C@@H]([C@H](O)CO)[C@H](O)[C@H]1O. The summed E-state index contributed by atoms with van der Waals surface area (Å²) in [6.45, 7) is 3.15. The monoisotopic (exact) mass is 263 g/mol. The summed E-state index contributed by atoms with van der Waals surface area (Å²) < 4.78 is 5.15. The molecule has 5 N–H and O–H groups in total. The fourth-order valence-corrected chi connectivity index (χ4v) is 1.83. The summed E-state index contributed by atoms with van der Waals surface area (Å²) in [6.07, 6.45) is -5.90. The number of nitrogens with one attached hydrogen (secondary N) is 1. The lowest BCUT2D eigenvalue weighted by Crippen LogP contribution is -2.44. The molecule has 0 aliphatic carbocycles. The van der Waals surface area contributed by atoms with Gasteiger partial charge in [-0.05, 0) is 5.92 Å². The fraction of sp³-hybridized carbons (Fsp3) is 0.909. The first-order valence-electron chi connectivity index (χ1n) is 5.96. The molecule has 0 radical (unpaired) electrons. The summed E-state index contributed by atoms with van der Waals surface area (Å²) in [5, 5.41) is 39.9. The number of ether oxygens (including phenoxy) is 1. The summed E-state index contributed by atoms with van der Waals surface area (Å²) in [4.78, 5) is 11.5. The Bertz CT molecular complexity index is 285. The predicted molar refractivity (Wildman–Crippen MR) is 61.4 cm³/mol. The minimum Gasteiger partial charge on any atom is -0.394 e. The molecule has 0 unspecified atom stereocenters. The van der Waals surface area contributed by atoms with Gasteiger partial charge in [-0.3, -0.25) is 4.79 Å². The Morgan fingerprint density at radius 1 is 1.33 bits per heavy atom. The molecule has 0 spiro atoms. The Labute approximate surface area is 105 Å². The van der Waals surface area contributed by atoms with E-state index in [4.69, 9.17) is 9.84 Å². The average Bonchev–Trinajstić information content (AvgIpc) is 2.55. The average molecular weight is 263 g/mol. The van der Waals surface area contributed by atoms with Crippen LogP contribution in [0.25, 0.3) is 0 Å². The van der Waals surface area contributed by atoms with E-state index in [1.807, 2.05) is 13.8 Å². The normalized spacial score (nSPS) is 33.7. The van der Waals surface area contributed by atoms with Gasteiger partial charge in [0.25, 0.3) is 0 Å². The van der Waals surface area contributed by atoms with Gasteiger partial charge < -0.3 is 30.5 Å². The molecule has 1 saturated heterocycles. The van der Waals surface area contributed by atoms with Gasteiger partial charge >= 0.3 is 0 Å². The lowest BCUT2D eigenvalue weighted by atomic mass is 10.1. The standard InChI is InChI=1S/C11H21NO6/c1-5(2)3-7(15)12-11-9(17)8(16)10(18-11)6(14)4-13/h5-6,8-11,13-14,16-17H,3-4H2,1-2H3,(H,12,15)/t6-,8-,9-,10+,11+/m1/s1. The van der Waals surface area contributed by atoms with E-state index >= 15 is 0 Å². The van der Waals surface area contributed by atoms with Gasteiger partial charge in [0.05, 0.1) is 6.61 Å². The molecule has 5 atom stereocenters. The topological polar surface area (TPSA) is 119 Å². The molecule has 0 aromatic rings. The highest BCUT2D eigenvalue weighted by Gasteiger charge is 2.46. The van der Waals surface area contributed by atoms with Gasteiger partial charge in [0.2, 0.25) is 5.91 Å². The number of aliphatic hydroxyl groups excluding tert-OH is 4. The number of rotatable bonds is 5. The molecule has 7 nitrogen and oxygen atoms in total. The van der Waals surface area contributed by atoms with E-state index in [-0.39, 0.29) is 18.2 Å². The molecule has 1 heterocycles. The first-order chi connectivity index (χ1) is 8.36. The second-order valence-corrected chi connectivity index (χ2v) is 4.92. The van der Waals surface area contributed by atoms with Crippen molar-refractivity contribution in [3.63, 3.8) is 0 Å².